The normalized spacial score (nSPS) is 10.3. The van der Waals surface area contributed by atoms with E-state index >= 15 is 0 Å². The minimum Gasteiger partial charge on any atom is -0.462 e. The number of nitrogens with zero attached hydrogens (tertiary/aromatic N) is 1. The lowest BCUT2D eigenvalue weighted by atomic mass is 10.2. The minimum absolute atomic E-state index is 0.0557. The molecule has 0 unspecified atom stereocenters. The lowest BCUT2D eigenvalue weighted by molar-refractivity contribution is 0.0522. The maximum atomic E-state index is 11.7. The van der Waals surface area contributed by atoms with E-state index in [9.17, 15) is 9.59 Å². The van der Waals surface area contributed by atoms with E-state index in [1.165, 1.54) is 4.57 Å². The average Bonchev–Trinajstić information content (AvgIpc) is 2.24. The first-order valence-electron chi connectivity index (χ1n) is 5.14. The number of rotatable bonds is 4. The molecule has 0 atom stereocenters. The Hall–Kier alpha value is -1.47. The minimum atomic E-state index is -0.571. The van der Waals surface area contributed by atoms with Gasteiger partial charge in [0.25, 0.3) is 0 Å². The molecular weight excluding hydrogens is 244 g/mol. The summed E-state index contributed by atoms with van der Waals surface area (Å²) in [5, 5.41) is 8.85. The first kappa shape index (κ1) is 13.6. The highest BCUT2D eigenvalue weighted by atomic mass is 32.1. The molecule has 1 rings (SSSR count). The highest BCUT2D eigenvalue weighted by molar-refractivity contribution is 7.71. The van der Waals surface area contributed by atoms with Gasteiger partial charge >= 0.3 is 11.7 Å². The second-order valence-electron chi connectivity index (χ2n) is 3.32. The molecule has 0 aromatic carbocycles. The fraction of sp³-hybridized carbons (Fsp3) is 0.500. The van der Waals surface area contributed by atoms with Crippen molar-refractivity contribution in [3.8, 4) is 0 Å². The van der Waals surface area contributed by atoms with Crippen molar-refractivity contribution in [2.75, 3.05) is 13.2 Å². The number of aliphatic hydroxyl groups excluding tert-OH is 1. The number of H-pyrrole nitrogens is 1. The molecule has 2 N–H and O–H groups in total. The number of hydrogen-bond acceptors (Lipinski definition) is 5. The maximum absolute atomic E-state index is 11.7. The molecule has 0 aliphatic rings. The van der Waals surface area contributed by atoms with Crippen molar-refractivity contribution in [1.82, 2.24) is 9.55 Å². The molecule has 0 aliphatic carbocycles. The van der Waals surface area contributed by atoms with E-state index in [0.29, 0.717) is 5.69 Å². The van der Waals surface area contributed by atoms with Crippen LogP contribution in [0.4, 0.5) is 0 Å². The van der Waals surface area contributed by atoms with Gasteiger partial charge in [0, 0.05) is 5.69 Å². The number of hydrogen-bond donors (Lipinski definition) is 2. The van der Waals surface area contributed by atoms with Crippen LogP contribution in [0.3, 0.4) is 0 Å². The van der Waals surface area contributed by atoms with E-state index in [2.05, 4.69) is 4.98 Å². The summed E-state index contributed by atoms with van der Waals surface area (Å²) in [6, 6.07) is 0. The zero-order valence-corrected chi connectivity index (χ0v) is 10.5. The number of nitrogens with one attached hydrogen (secondary N) is 1. The third-order valence-electron chi connectivity index (χ3n) is 2.26. The van der Waals surface area contributed by atoms with Gasteiger partial charge in [-0.15, -0.1) is 0 Å². The molecule has 0 amide bonds. The molecule has 0 spiro atoms. The summed E-state index contributed by atoms with van der Waals surface area (Å²) in [6.07, 6.45) is 0. The Morgan fingerprint density at radius 2 is 2.24 bits per heavy atom. The molecule has 17 heavy (non-hydrogen) atoms. The molecule has 7 heteroatoms. The van der Waals surface area contributed by atoms with Crippen molar-refractivity contribution in [2.45, 2.75) is 20.4 Å². The lowest BCUT2D eigenvalue weighted by Crippen LogP contribution is -2.29. The first-order valence-corrected chi connectivity index (χ1v) is 5.55. The molecule has 6 nitrogen and oxygen atoms in total. The highest BCUT2D eigenvalue weighted by Crippen LogP contribution is 2.08. The SMILES string of the molecule is CCOC(=O)c1c(C)n(CCO)c(=O)[nH]c1=S. The number of aliphatic hydroxyl groups is 1. The van der Waals surface area contributed by atoms with Crippen LogP contribution in [0, 0.1) is 11.6 Å². The molecule has 1 heterocycles. The fourth-order valence-electron chi connectivity index (χ4n) is 1.49. The van der Waals surface area contributed by atoms with Crippen molar-refractivity contribution < 1.29 is 14.6 Å². The standard InChI is InChI=1S/C10H14N2O4S/c1-3-16-9(14)7-6(2)12(4-5-13)10(15)11-8(7)17/h13H,3-5H2,1-2H3,(H,11,15,17). The lowest BCUT2D eigenvalue weighted by Gasteiger charge is -2.11. The summed E-state index contributed by atoms with van der Waals surface area (Å²) in [5.41, 5.74) is 0.107. The first-order chi connectivity index (χ1) is 8.02. The molecule has 0 saturated carbocycles. The van der Waals surface area contributed by atoms with Gasteiger partial charge in [-0.25, -0.2) is 9.59 Å². The largest absolute Gasteiger partial charge is 0.462 e. The Balaban J connectivity index is 3.40. The van der Waals surface area contributed by atoms with Crippen molar-refractivity contribution in [1.29, 1.82) is 0 Å². The number of aromatic amines is 1. The summed E-state index contributed by atoms with van der Waals surface area (Å²) in [6.45, 7) is 3.40. The van der Waals surface area contributed by atoms with Gasteiger partial charge in [0.15, 0.2) is 0 Å². The summed E-state index contributed by atoms with van der Waals surface area (Å²) in [5.74, 6) is -0.571. The summed E-state index contributed by atoms with van der Waals surface area (Å²) < 4.78 is 6.17. The van der Waals surface area contributed by atoms with E-state index in [4.69, 9.17) is 22.1 Å². The van der Waals surface area contributed by atoms with Gasteiger partial charge in [-0.1, -0.05) is 12.2 Å². The van der Waals surface area contributed by atoms with E-state index < -0.39 is 11.7 Å². The van der Waals surface area contributed by atoms with Crippen molar-refractivity contribution in [2.24, 2.45) is 0 Å². The number of esters is 1. The van der Waals surface area contributed by atoms with Gasteiger partial charge in [0.1, 0.15) is 10.2 Å². The Kier molecular flexibility index (Phi) is 4.59. The molecule has 0 fully saturated rings. The molecule has 0 bridgehead atoms. The topological polar surface area (TPSA) is 84.3 Å². The van der Waals surface area contributed by atoms with Gasteiger partial charge in [-0.2, -0.15) is 0 Å². The molecule has 1 aromatic heterocycles. The van der Waals surface area contributed by atoms with Crippen LogP contribution in [0.25, 0.3) is 0 Å². The Morgan fingerprint density at radius 3 is 2.76 bits per heavy atom. The van der Waals surface area contributed by atoms with E-state index in [-0.39, 0.29) is 30.0 Å². The number of carbonyl (C=O) groups excluding carboxylic acids is 1. The molecule has 0 saturated heterocycles. The van der Waals surface area contributed by atoms with E-state index in [1.807, 2.05) is 0 Å². The van der Waals surface area contributed by atoms with Crippen LogP contribution in [0.2, 0.25) is 0 Å². The van der Waals surface area contributed by atoms with Crippen molar-refractivity contribution in [3.63, 3.8) is 0 Å². The number of aromatic nitrogens is 2. The van der Waals surface area contributed by atoms with E-state index in [1.54, 1.807) is 13.8 Å². The second-order valence-corrected chi connectivity index (χ2v) is 3.72. The van der Waals surface area contributed by atoms with Gasteiger partial charge in [0.2, 0.25) is 0 Å². The molecule has 0 radical (unpaired) electrons. The average molecular weight is 258 g/mol. The summed E-state index contributed by atoms with van der Waals surface area (Å²) in [4.78, 5) is 25.6. The Labute approximate surface area is 103 Å². The van der Waals surface area contributed by atoms with Gasteiger partial charge in [0.05, 0.1) is 19.8 Å². The Bertz CT molecular complexity index is 532. The summed E-state index contributed by atoms with van der Waals surface area (Å²) >= 11 is 4.93. The van der Waals surface area contributed by atoms with Gasteiger partial charge < -0.3 is 9.84 Å². The van der Waals surface area contributed by atoms with Crippen molar-refractivity contribution in [3.05, 3.63) is 26.4 Å². The van der Waals surface area contributed by atoms with Crippen LogP contribution < -0.4 is 5.69 Å². The zero-order valence-electron chi connectivity index (χ0n) is 9.65. The maximum Gasteiger partial charge on any atom is 0.342 e. The molecule has 1 aromatic rings. The van der Waals surface area contributed by atoms with Crippen LogP contribution in [0.1, 0.15) is 23.0 Å². The van der Waals surface area contributed by atoms with Crippen LogP contribution in [-0.2, 0) is 11.3 Å². The molecule has 0 aliphatic heterocycles. The third-order valence-corrected chi connectivity index (χ3v) is 2.57. The third kappa shape index (κ3) is 2.80. The Morgan fingerprint density at radius 1 is 1.59 bits per heavy atom. The van der Waals surface area contributed by atoms with Crippen LogP contribution >= 0.6 is 12.2 Å². The quantitative estimate of drug-likeness (QED) is 0.602. The van der Waals surface area contributed by atoms with Crippen LogP contribution in [0.15, 0.2) is 4.79 Å². The highest BCUT2D eigenvalue weighted by Gasteiger charge is 2.16. The van der Waals surface area contributed by atoms with Crippen LogP contribution in [-0.4, -0.2) is 33.8 Å². The predicted octanol–water partition coefficient (Wildman–Crippen LogP) is 0.383. The van der Waals surface area contributed by atoms with E-state index in [0.717, 1.165) is 0 Å². The molecule has 94 valence electrons. The predicted molar refractivity (Wildman–Crippen MR) is 63.7 cm³/mol. The smallest absolute Gasteiger partial charge is 0.342 e. The van der Waals surface area contributed by atoms with Gasteiger partial charge in [-0.05, 0) is 13.8 Å². The van der Waals surface area contributed by atoms with Crippen LogP contribution in [0.5, 0.6) is 0 Å². The van der Waals surface area contributed by atoms with Gasteiger partial charge in [-0.3, -0.25) is 9.55 Å². The zero-order chi connectivity index (χ0) is 13.0. The number of carbonyl (C=O) groups is 1. The monoisotopic (exact) mass is 258 g/mol. The summed E-state index contributed by atoms with van der Waals surface area (Å²) in [7, 11) is 0. The van der Waals surface area contributed by atoms with Crippen molar-refractivity contribution >= 4 is 18.2 Å². The molecular formula is C10H14N2O4S. The fourth-order valence-corrected chi connectivity index (χ4v) is 1.81. The second kappa shape index (κ2) is 5.74. The number of ether oxygens (including phenoxy) is 1.